The molecule has 0 radical (unpaired) electrons. The highest BCUT2D eigenvalue weighted by Crippen LogP contribution is 2.56. The molecule has 0 saturated carbocycles. The van der Waals surface area contributed by atoms with Gasteiger partial charge >= 0.3 is 12.0 Å². The highest BCUT2D eigenvalue weighted by Gasteiger charge is 2.38. The highest BCUT2D eigenvalue weighted by atomic mass is 32.3. The van der Waals surface area contributed by atoms with Crippen LogP contribution in [0.4, 0.5) is 4.79 Å². The fraction of sp³-hybridized carbons (Fsp3) is 0.214. The lowest BCUT2D eigenvalue weighted by Crippen LogP contribution is -2.48. The number of nitrogens with one attached hydrogen (secondary N) is 4. The number of nitrogens with zero attached hydrogens (tertiary/aromatic N) is 1. The predicted octanol–water partition coefficient (Wildman–Crippen LogP) is 4.07. The van der Waals surface area contributed by atoms with E-state index in [9.17, 15) is 28.6 Å². The molecular formula is C28H29N5O6S. The third-order valence-corrected chi connectivity index (χ3v) is 8.51. The van der Waals surface area contributed by atoms with Crippen molar-refractivity contribution in [2.45, 2.75) is 36.6 Å². The van der Waals surface area contributed by atoms with Crippen molar-refractivity contribution in [3.8, 4) is 0 Å². The lowest BCUT2D eigenvalue weighted by atomic mass is 10.0. The standard InChI is InChI=1S/C28H29N5O6S/c34-25-16-24(40(38,39)33-25)19-12-10-18(11-13-19)14-22(26-29-20-8-4-5-9-21(20)30-26)31-28(37)32-23(27(35)36)15-17-6-2-1-3-7-17/h1-13,22-24,38-39H,14-16H2,(H,29,30)(H,33,34)(H,35,36)(H2,31,32,37)/t22-,23-,24?/m0/s1. The van der Waals surface area contributed by atoms with Crippen LogP contribution in [0.15, 0.2) is 78.9 Å². The van der Waals surface area contributed by atoms with Crippen LogP contribution < -0.4 is 15.4 Å². The quantitative estimate of drug-likeness (QED) is 0.160. The summed E-state index contributed by atoms with van der Waals surface area (Å²) in [6, 6.07) is 21.1. The van der Waals surface area contributed by atoms with Crippen LogP contribution in [-0.2, 0) is 22.4 Å². The second-order valence-corrected chi connectivity index (χ2v) is 11.6. The van der Waals surface area contributed by atoms with Crippen LogP contribution >= 0.6 is 10.8 Å². The van der Waals surface area contributed by atoms with Gasteiger partial charge in [-0.25, -0.2) is 14.6 Å². The van der Waals surface area contributed by atoms with Crippen LogP contribution in [0, 0.1) is 0 Å². The number of aromatic amines is 1. The number of carboxylic acids is 1. The average molecular weight is 564 g/mol. The Bertz CT molecular complexity index is 1490. The van der Waals surface area contributed by atoms with Crippen molar-refractivity contribution in [3.05, 3.63) is 101 Å². The zero-order valence-corrected chi connectivity index (χ0v) is 22.1. The zero-order valence-electron chi connectivity index (χ0n) is 21.3. The maximum Gasteiger partial charge on any atom is 0.326 e. The molecule has 1 aliphatic rings. The summed E-state index contributed by atoms with van der Waals surface area (Å²) in [4.78, 5) is 44.5. The lowest BCUT2D eigenvalue weighted by Gasteiger charge is -2.32. The second-order valence-electron chi connectivity index (χ2n) is 9.65. The molecule has 1 fully saturated rings. The topological polar surface area (TPSA) is 177 Å². The number of carbonyl (C=O) groups excluding carboxylic acids is 2. The van der Waals surface area contributed by atoms with Crippen LogP contribution in [0.1, 0.15) is 40.2 Å². The number of aliphatic carboxylic acids is 1. The lowest BCUT2D eigenvalue weighted by molar-refractivity contribution is -0.139. The van der Waals surface area contributed by atoms with Crippen molar-refractivity contribution in [1.82, 2.24) is 25.3 Å². The third kappa shape index (κ3) is 6.25. The molecule has 1 aromatic heterocycles. The first kappa shape index (κ1) is 27.2. The van der Waals surface area contributed by atoms with Gasteiger partial charge in [0.2, 0.25) is 5.91 Å². The number of hydrogen-bond donors (Lipinski definition) is 7. The molecule has 1 saturated heterocycles. The Hall–Kier alpha value is -4.39. The Kier molecular flexibility index (Phi) is 7.74. The van der Waals surface area contributed by atoms with Crippen molar-refractivity contribution in [1.29, 1.82) is 0 Å². The summed E-state index contributed by atoms with van der Waals surface area (Å²) in [7, 11) is -3.27. The van der Waals surface area contributed by atoms with Gasteiger partial charge in [-0.2, -0.15) is 0 Å². The molecule has 0 aliphatic carbocycles. The number of aromatic nitrogens is 2. The van der Waals surface area contributed by atoms with E-state index in [1.165, 1.54) is 0 Å². The Labute approximate surface area is 231 Å². The number of amides is 3. The number of benzene rings is 3. The maximum atomic E-state index is 13.0. The number of fused-ring (bicyclic) bond motifs is 1. The Morgan fingerprint density at radius 2 is 1.60 bits per heavy atom. The van der Waals surface area contributed by atoms with Crippen LogP contribution in [0.2, 0.25) is 0 Å². The fourth-order valence-electron chi connectivity index (χ4n) is 4.74. The van der Waals surface area contributed by atoms with Gasteiger partial charge in [0.05, 0.1) is 23.5 Å². The zero-order chi connectivity index (χ0) is 28.3. The predicted molar refractivity (Wildman–Crippen MR) is 151 cm³/mol. The molecule has 5 rings (SSSR count). The summed E-state index contributed by atoms with van der Waals surface area (Å²) >= 11 is 0. The number of rotatable bonds is 9. The molecule has 1 unspecified atom stereocenters. The van der Waals surface area contributed by atoms with Gasteiger partial charge in [0, 0.05) is 6.42 Å². The molecule has 7 N–H and O–H groups in total. The van der Waals surface area contributed by atoms with Crippen molar-refractivity contribution in [2.24, 2.45) is 0 Å². The van der Waals surface area contributed by atoms with E-state index in [0.29, 0.717) is 17.8 Å². The van der Waals surface area contributed by atoms with Crippen LogP contribution in [0.5, 0.6) is 0 Å². The molecule has 3 amide bonds. The molecule has 4 aromatic rings. The molecule has 3 aromatic carbocycles. The number of urea groups is 1. The highest BCUT2D eigenvalue weighted by molar-refractivity contribution is 8.23. The van der Waals surface area contributed by atoms with Gasteiger partial charge in [-0.3, -0.25) is 18.6 Å². The van der Waals surface area contributed by atoms with E-state index in [0.717, 1.165) is 22.2 Å². The van der Waals surface area contributed by atoms with Gasteiger partial charge < -0.3 is 20.7 Å². The van der Waals surface area contributed by atoms with E-state index < -0.39 is 46.0 Å². The first-order chi connectivity index (χ1) is 19.2. The first-order valence-corrected chi connectivity index (χ1v) is 14.2. The van der Waals surface area contributed by atoms with Gasteiger partial charge in [0.15, 0.2) is 0 Å². The van der Waals surface area contributed by atoms with Gasteiger partial charge in [0.1, 0.15) is 17.1 Å². The van der Waals surface area contributed by atoms with Crippen molar-refractivity contribution in [2.75, 3.05) is 0 Å². The number of H-pyrrole nitrogens is 1. The second kappa shape index (κ2) is 11.4. The normalized spacial score (nSPS) is 18.4. The van der Waals surface area contributed by atoms with E-state index >= 15 is 0 Å². The number of imidazole rings is 1. The van der Waals surface area contributed by atoms with Gasteiger partial charge in [-0.15, -0.1) is 10.8 Å². The molecule has 0 bridgehead atoms. The number of carboxylic acid groups (broad SMARTS) is 1. The van der Waals surface area contributed by atoms with E-state index in [2.05, 4.69) is 25.3 Å². The smallest absolute Gasteiger partial charge is 0.326 e. The van der Waals surface area contributed by atoms with Crippen molar-refractivity contribution in [3.63, 3.8) is 0 Å². The molecule has 2 heterocycles. The average Bonchev–Trinajstić information content (AvgIpc) is 3.48. The molecule has 40 heavy (non-hydrogen) atoms. The van der Waals surface area contributed by atoms with E-state index in [4.69, 9.17) is 0 Å². The minimum Gasteiger partial charge on any atom is -0.480 e. The van der Waals surface area contributed by atoms with E-state index in [-0.39, 0.29) is 12.8 Å². The summed E-state index contributed by atoms with van der Waals surface area (Å²) in [6.45, 7) is 0. The number of carbonyl (C=O) groups is 3. The van der Waals surface area contributed by atoms with E-state index in [1.54, 1.807) is 48.5 Å². The molecule has 1 aliphatic heterocycles. The Morgan fingerprint density at radius 3 is 2.25 bits per heavy atom. The summed E-state index contributed by atoms with van der Waals surface area (Å²) in [6.07, 6.45) is 0.416. The van der Waals surface area contributed by atoms with Gasteiger partial charge in [-0.1, -0.05) is 66.7 Å². The first-order valence-electron chi connectivity index (χ1n) is 12.6. The summed E-state index contributed by atoms with van der Waals surface area (Å²) in [5.74, 6) is -1.07. The van der Waals surface area contributed by atoms with E-state index in [1.807, 2.05) is 30.3 Å². The third-order valence-electron chi connectivity index (χ3n) is 6.75. The molecule has 3 atom stereocenters. The molecular weight excluding hydrogens is 534 g/mol. The summed E-state index contributed by atoms with van der Waals surface area (Å²) < 4.78 is 22.7. The van der Waals surface area contributed by atoms with Gasteiger partial charge in [0.25, 0.3) is 0 Å². The number of hydrogen-bond acceptors (Lipinski definition) is 6. The minimum atomic E-state index is -3.27. The monoisotopic (exact) mass is 563 g/mol. The summed E-state index contributed by atoms with van der Waals surface area (Å²) in [5.41, 5.74) is 3.70. The minimum absolute atomic E-state index is 0.0151. The summed E-state index contributed by atoms with van der Waals surface area (Å²) in [5, 5.41) is 14.4. The molecule has 11 nitrogen and oxygen atoms in total. The van der Waals surface area contributed by atoms with Crippen LogP contribution in [0.25, 0.3) is 11.0 Å². The van der Waals surface area contributed by atoms with Gasteiger partial charge in [-0.05, 0) is 35.2 Å². The SMILES string of the molecule is O=C1CC(c2ccc(C[C@H](NC(=O)N[C@@H](Cc3ccccc3)C(=O)O)c3nc4ccccc4[nH]3)cc2)S(O)(O)N1. The van der Waals surface area contributed by atoms with Crippen molar-refractivity contribution < 1.29 is 28.6 Å². The molecule has 12 heteroatoms. The molecule has 208 valence electrons. The largest absolute Gasteiger partial charge is 0.480 e. The maximum absolute atomic E-state index is 13.0. The Morgan fingerprint density at radius 1 is 0.925 bits per heavy atom. The number of para-hydroxylation sites is 2. The fourth-order valence-corrected chi connectivity index (χ4v) is 6.22. The van der Waals surface area contributed by atoms with Crippen LogP contribution in [0.3, 0.4) is 0 Å². The Balaban J connectivity index is 1.35. The molecule has 0 spiro atoms. The van der Waals surface area contributed by atoms with Crippen molar-refractivity contribution >= 4 is 39.7 Å². The van der Waals surface area contributed by atoms with Crippen LogP contribution in [-0.4, -0.2) is 48.1 Å².